The second-order valence-corrected chi connectivity index (χ2v) is 18.2. The van der Waals surface area contributed by atoms with Gasteiger partial charge in [0.2, 0.25) is 8.32 Å². The molecule has 1 heterocycles. The number of esters is 1. The van der Waals surface area contributed by atoms with Gasteiger partial charge in [-0.2, -0.15) is 0 Å². The Kier molecular flexibility index (Phi) is 11.3. The molecule has 2 aliphatic rings. The first-order chi connectivity index (χ1) is 16.7. The molecule has 2 rings (SSSR count). The van der Waals surface area contributed by atoms with Crippen LogP contribution in [-0.4, -0.2) is 56.9 Å². The summed E-state index contributed by atoms with van der Waals surface area (Å²) in [7, 11) is -2.26. The van der Waals surface area contributed by atoms with Crippen molar-refractivity contribution in [1.82, 2.24) is 5.32 Å². The van der Waals surface area contributed by atoms with Crippen molar-refractivity contribution in [2.75, 3.05) is 6.61 Å². The fourth-order valence-corrected chi connectivity index (χ4v) is 12.0. The topological polar surface area (TPSA) is 83.1 Å². The van der Waals surface area contributed by atoms with E-state index in [1.165, 1.54) is 25.7 Å². The van der Waals surface area contributed by atoms with Gasteiger partial charge in [0, 0.05) is 13.0 Å². The van der Waals surface area contributed by atoms with Crippen molar-refractivity contribution in [3.63, 3.8) is 0 Å². The zero-order chi connectivity index (χ0) is 27.3. The van der Waals surface area contributed by atoms with Gasteiger partial charge < -0.3 is 24.0 Å². The maximum absolute atomic E-state index is 13.2. The first-order valence-electron chi connectivity index (χ1n) is 14.2. The monoisotopic (exact) mass is 527 g/mol. The van der Waals surface area contributed by atoms with Gasteiger partial charge in [0.25, 0.3) is 0 Å². The van der Waals surface area contributed by atoms with E-state index in [9.17, 15) is 9.59 Å². The summed E-state index contributed by atoms with van der Waals surface area (Å²) in [5.41, 5.74) is 0.560. The summed E-state index contributed by atoms with van der Waals surface area (Å²) in [6, 6.07) is -0.824. The standard InChI is InChI=1S/C28H53NO6Si/c1-18(2)36(19(3)4,20(5)6)35-25-21(7)33-26(30)23(29-27(31)34-28(8,9)10)15-16-32-24(25)17-22-13-11-12-14-22/h18-25H,11-17H2,1-10H3,(H,29,31)/t21-,23-,24+,25-/m0/s1. The number of ether oxygens (including phenoxy) is 3. The van der Waals surface area contributed by atoms with Crippen LogP contribution in [0.3, 0.4) is 0 Å². The molecule has 1 amide bonds. The molecule has 0 aromatic heterocycles. The molecule has 0 aromatic rings. The lowest BCUT2D eigenvalue weighted by Gasteiger charge is -2.47. The molecule has 8 heteroatoms. The Labute approximate surface area is 220 Å². The van der Waals surface area contributed by atoms with Crippen LogP contribution in [0.1, 0.15) is 108 Å². The van der Waals surface area contributed by atoms with Gasteiger partial charge in [-0.25, -0.2) is 9.59 Å². The Morgan fingerprint density at radius 3 is 2.08 bits per heavy atom. The van der Waals surface area contributed by atoms with Gasteiger partial charge in [-0.15, -0.1) is 0 Å². The molecule has 0 radical (unpaired) electrons. The van der Waals surface area contributed by atoms with Crippen molar-refractivity contribution in [3.8, 4) is 0 Å². The van der Waals surface area contributed by atoms with Gasteiger partial charge in [-0.05, 0) is 56.7 Å². The van der Waals surface area contributed by atoms with E-state index in [4.69, 9.17) is 18.6 Å². The molecule has 4 atom stereocenters. The van der Waals surface area contributed by atoms with Crippen molar-refractivity contribution in [1.29, 1.82) is 0 Å². The number of amides is 1. The van der Waals surface area contributed by atoms with Gasteiger partial charge in [0.15, 0.2) is 0 Å². The summed E-state index contributed by atoms with van der Waals surface area (Å²) in [6.45, 7) is 21.3. The minimum atomic E-state index is -2.26. The number of cyclic esters (lactones) is 1. The molecule has 0 spiro atoms. The van der Waals surface area contributed by atoms with E-state index >= 15 is 0 Å². The molecular formula is C28H53NO6Si. The van der Waals surface area contributed by atoms with E-state index in [1.54, 1.807) is 20.8 Å². The van der Waals surface area contributed by atoms with Crippen LogP contribution >= 0.6 is 0 Å². The number of carbonyl (C=O) groups is 2. The molecule has 0 aromatic carbocycles. The van der Waals surface area contributed by atoms with Crippen molar-refractivity contribution >= 4 is 20.4 Å². The van der Waals surface area contributed by atoms with Crippen LogP contribution in [0.25, 0.3) is 0 Å². The predicted octanol–water partition coefficient (Wildman–Crippen LogP) is 6.74. The second-order valence-electron chi connectivity index (χ2n) is 12.8. The maximum atomic E-state index is 13.2. The van der Waals surface area contributed by atoms with E-state index in [2.05, 4.69) is 46.9 Å². The van der Waals surface area contributed by atoms with Crippen molar-refractivity contribution in [2.45, 2.75) is 154 Å². The molecule has 1 aliphatic heterocycles. The van der Waals surface area contributed by atoms with E-state index in [-0.39, 0.29) is 12.2 Å². The highest BCUT2D eigenvalue weighted by molar-refractivity contribution is 6.77. The zero-order valence-corrected chi connectivity index (χ0v) is 25.5. The quantitative estimate of drug-likeness (QED) is 0.278. The van der Waals surface area contributed by atoms with E-state index in [1.807, 2.05) is 6.92 Å². The molecule has 1 aliphatic carbocycles. The van der Waals surface area contributed by atoms with E-state index < -0.39 is 38.1 Å². The number of rotatable bonds is 8. The van der Waals surface area contributed by atoms with Crippen LogP contribution in [0.2, 0.25) is 16.6 Å². The molecule has 1 saturated heterocycles. The summed E-state index contributed by atoms with van der Waals surface area (Å²) in [5.74, 6) is 0.145. The highest BCUT2D eigenvalue weighted by atomic mass is 28.4. The summed E-state index contributed by atoms with van der Waals surface area (Å²) in [5, 5.41) is 2.70. The smallest absolute Gasteiger partial charge is 0.408 e. The Morgan fingerprint density at radius 1 is 1.03 bits per heavy atom. The first-order valence-corrected chi connectivity index (χ1v) is 16.3. The largest absolute Gasteiger partial charge is 0.458 e. The molecule has 7 nitrogen and oxygen atoms in total. The number of hydrogen-bond donors (Lipinski definition) is 1. The fourth-order valence-electron chi connectivity index (χ4n) is 6.36. The number of hydrogen-bond acceptors (Lipinski definition) is 6. The summed E-state index contributed by atoms with van der Waals surface area (Å²) >= 11 is 0. The summed E-state index contributed by atoms with van der Waals surface area (Å²) in [4.78, 5) is 25.6. The highest BCUT2D eigenvalue weighted by Gasteiger charge is 2.50. The minimum absolute atomic E-state index is 0.153. The highest BCUT2D eigenvalue weighted by Crippen LogP contribution is 2.44. The molecule has 0 unspecified atom stereocenters. The maximum Gasteiger partial charge on any atom is 0.408 e. The molecule has 2 fully saturated rings. The lowest BCUT2D eigenvalue weighted by Crippen LogP contribution is -2.56. The zero-order valence-electron chi connectivity index (χ0n) is 24.5. The van der Waals surface area contributed by atoms with Crippen LogP contribution in [0.5, 0.6) is 0 Å². The van der Waals surface area contributed by atoms with Crippen LogP contribution < -0.4 is 5.32 Å². The van der Waals surface area contributed by atoms with Gasteiger partial charge in [-0.3, -0.25) is 0 Å². The van der Waals surface area contributed by atoms with Crippen molar-refractivity contribution in [2.24, 2.45) is 5.92 Å². The van der Waals surface area contributed by atoms with Gasteiger partial charge in [0.1, 0.15) is 23.9 Å². The molecule has 1 N–H and O–H groups in total. The Bertz CT molecular complexity index is 692. The number of carbonyl (C=O) groups excluding carboxylic acids is 2. The van der Waals surface area contributed by atoms with Crippen LogP contribution in [0.4, 0.5) is 4.79 Å². The van der Waals surface area contributed by atoms with Crippen molar-refractivity contribution in [3.05, 3.63) is 0 Å². The molecule has 36 heavy (non-hydrogen) atoms. The molecule has 0 bridgehead atoms. The SMILES string of the molecule is CC(C)[Si](O[C@H]1[C@H](C)OC(=O)[C@@H](NC(=O)OC(C)(C)C)CCO[C@@H]1CC1CCCC1)(C(C)C)C(C)C. The molecule has 1 saturated carbocycles. The van der Waals surface area contributed by atoms with Crippen LogP contribution in [0.15, 0.2) is 0 Å². The van der Waals surface area contributed by atoms with Gasteiger partial charge >= 0.3 is 12.1 Å². The molecule has 210 valence electrons. The Morgan fingerprint density at radius 2 is 1.58 bits per heavy atom. The van der Waals surface area contributed by atoms with Crippen LogP contribution in [-0.2, 0) is 23.4 Å². The number of nitrogens with one attached hydrogen (secondary N) is 1. The Balaban J connectivity index is 2.34. The first kappa shape index (κ1) is 31.1. The van der Waals surface area contributed by atoms with Gasteiger partial charge in [-0.1, -0.05) is 67.2 Å². The summed E-state index contributed by atoms with van der Waals surface area (Å²) in [6.07, 6.45) is 4.58. The average molecular weight is 528 g/mol. The average Bonchev–Trinajstić information content (AvgIpc) is 3.24. The third kappa shape index (κ3) is 8.19. The van der Waals surface area contributed by atoms with E-state index in [0.29, 0.717) is 35.6 Å². The van der Waals surface area contributed by atoms with Crippen LogP contribution in [0, 0.1) is 5.92 Å². The van der Waals surface area contributed by atoms with Gasteiger partial charge in [0.05, 0.1) is 6.10 Å². The Hall–Kier alpha value is -1.12. The van der Waals surface area contributed by atoms with Crippen molar-refractivity contribution < 1.29 is 28.2 Å². The normalized spacial score (nSPS) is 27.1. The fraction of sp³-hybridized carbons (Fsp3) is 0.929. The minimum Gasteiger partial charge on any atom is -0.458 e. The van der Waals surface area contributed by atoms with E-state index in [0.717, 1.165) is 6.42 Å². The lowest BCUT2D eigenvalue weighted by molar-refractivity contribution is -0.158. The third-order valence-corrected chi connectivity index (χ3v) is 14.0. The second kappa shape index (κ2) is 13.1. The third-order valence-electron chi connectivity index (χ3n) is 7.93. The lowest BCUT2D eigenvalue weighted by atomic mass is 9.95. The number of alkyl carbamates (subject to hydrolysis) is 1. The molecular weight excluding hydrogens is 474 g/mol. The summed E-state index contributed by atoms with van der Waals surface area (Å²) < 4.78 is 25.2. The predicted molar refractivity (Wildman–Crippen MR) is 146 cm³/mol.